The van der Waals surface area contributed by atoms with Crippen molar-refractivity contribution in [2.75, 3.05) is 7.11 Å². The van der Waals surface area contributed by atoms with Gasteiger partial charge in [0.25, 0.3) is 0 Å². The number of aliphatic hydroxyl groups is 1. The van der Waals surface area contributed by atoms with E-state index >= 15 is 0 Å². The molecule has 0 bridgehead atoms. The third-order valence-corrected chi connectivity index (χ3v) is 1.36. The first-order valence-electron chi connectivity index (χ1n) is 3.31. The van der Waals surface area contributed by atoms with E-state index in [-0.39, 0.29) is 18.3 Å². The van der Waals surface area contributed by atoms with Gasteiger partial charge in [-0.25, -0.2) is 0 Å². The molecule has 0 aromatic rings. The fourth-order valence-electron chi connectivity index (χ4n) is 0.537. The number of aliphatic hydroxyl groups excluding tert-OH is 1. The van der Waals surface area contributed by atoms with Crippen LogP contribution in [0.25, 0.3) is 0 Å². The van der Waals surface area contributed by atoms with Crippen LogP contribution in [0.2, 0.25) is 0 Å². The fourth-order valence-corrected chi connectivity index (χ4v) is 0.537. The van der Waals surface area contributed by atoms with Crippen molar-refractivity contribution in [2.45, 2.75) is 32.5 Å². The molecule has 0 fully saturated rings. The molecule has 1 N–H and O–H groups in total. The molecule has 0 aliphatic carbocycles. The van der Waals surface area contributed by atoms with Crippen LogP contribution in [-0.2, 0) is 9.53 Å². The molecule has 0 aliphatic heterocycles. The lowest BCUT2D eigenvalue weighted by Crippen LogP contribution is -2.21. The summed E-state index contributed by atoms with van der Waals surface area (Å²) < 4.78 is 4.84. The zero-order valence-electron chi connectivity index (χ0n) is 6.63. The standard InChI is InChI=1S/C7H14O3/c1-5(10-3)4-7(9)6(2)8/h5-6,8H,4H2,1-3H3. The summed E-state index contributed by atoms with van der Waals surface area (Å²) in [5, 5.41) is 8.76. The van der Waals surface area contributed by atoms with E-state index in [1.54, 1.807) is 14.0 Å². The number of carbonyl (C=O) groups is 1. The molecule has 0 saturated carbocycles. The summed E-state index contributed by atoms with van der Waals surface area (Å²) >= 11 is 0. The van der Waals surface area contributed by atoms with Crippen LogP contribution < -0.4 is 0 Å². The number of ether oxygens (including phenoxy) is 1. The Kier molecular flexibility index (Phi) is 4.23. The van der Waals surface area contributed by atoms with Gasteiger partial charge in [-0.15, -0.1) is 0 Å². The van der Waals surface area contributed by atoms with Gasteiger partial charge >= 0.3 is 0 Å². The molecule has 0 spiro atoms. The van der Waals surface area contributed by atoms with Crippen molar-refractivity contribution < 1.29 is 14.6 Å². The minimum atomic E-state index is -0.863. The highest BCUT2D eigenvalue weighted by atomic mass is 16.5. The van der Waals surface area contributed by atoms with Crippen LogP contribution in [0.3, 0.4) is 0 Å². The van der Waals surface area contributed by atoms with Crippen LogP contribution in [0.1, 0.15) is 20.3 Å². The van der Waals surface area contributed by atoms with E-state index in [0.717, 1.165) is 0 Å². The van der Waals surface area contributed by atoms with Crippen molar-refractivity contribution in [3.8, 4) is 0 Å². The van der Waals surface area contributed by atoms with Gasteiger partial charge in [0.15, 0.2) is 5.78 Å². The van der Waals surface area contributed by atoms with Gasteiger partial charge < -0.3 is 9.84 Å². The van der Waals surface area contributed by atoms with Crippen molar-refractivity contribution in [3.05, 3.63) is 0 Å². The highest BCUT2D eigenvalue weighted by Gasteiger charge is 2.12. The fraction of sp³-hybridized carbons (Fsp3) is 0.857. The average Bonchev–Trinajstić information content (AvgIpc) is 1.87. The van der Waals surface area contributed by atoms with E-state index in [4.69, 9.17) is 9.84 Å². The Bertz CT molecular complexity index is 109. The van der Waals surface area contributed by atoms with Gasteiger partial charge in [-0.05, 0) is 13.8 Å². The highest BCUT2D eigenvalue weighted by Crippen LogP contribution is 1.98. The zero-order valence-corrected chi connectivity index (χ0v) is 6.63. The molecule has 2 atom stereocenters. The Labute approximate surface area is 61.0 Å². The van der Waals surface area contributed by atoms with Gasteiger partial charge in [-0.2, -0.15) is 0 Å². The lowest BCUT2D eigenvalue weighted by Gasteiger charge is -2.08. The summed E-state index contributed by atoms with van der Waals surface area (Å²) in [7, 11) is 1.54. The van der Waals surface area contributed by atoms with Crippen LogP contribution in [0.4, 0.5) is 0 Å². The molecule has 0 amide bonds. The average molecular weight is 146 g/mol. The number of methoxy groups -OCH3 is 1. The molecular weight excluding hydrogens is 132 g/mol. The smallest absolute Gasteiger partial charge is 0.163 e. The summed E-state index contributed by atoms with van der Waals surface area (Å²) in [6, 6.07) is 0. The van der Waals surface area contributed by atoms with Crippen LogP contribution in [-0.4, -0.2) is 30.2 Å². The monoisotopic (exact) mass is 146 g/mol. The Morgan fingerprint density at radius 1 is 1.60 bits per heavy atom. The first-order chi connectivity index (χ1) is 4.57. The molecular formula is C7H14O3. The van der Waals surface area contributed by atoms with E-state index in [1.807, 2.05) is 0 Å². The first-order valence-corrected chi connectivity index (χ1v) is 3.31. The summed E-state index contributed by atoms with van der Waals surface area (Å²) in [6.07, 6.45) is -0.673. The van der Waals surface area contributed by atoms with Gasteiger partial charge in [0.1, 0.15) is 6.10 Å². The molecule has 3 nitrogen and oxygen atoms in total. The minimum Gasteiger partial charge on any atom is -0.386 e. The number of ketones is 1. The predicted molar refractivity (Wildman–Crippen MR) is 37.8 cm³/mol. The van der Waals surface area contributed by atoms with Crippen LogP contribution in [0, 0.1) is 0 Å². The van der Waals surface area contributed by atoms with E-state index in [1.165, 1.54) is 6.92 Å². The molecule has 0 aromatic heterocycles. The zero-order chi connectivity index (χ0) is 8.15. The molecule has 0 saturated heterocycles. The van der Waals surface area contributed by atoms with Crippen molar-refractivity contribution in [3.63, 3.8) is 0 Å². The normalized spacial score (nSPS) is 16.4. The van der Waals surface area contributed by atoms with Crippen LogP contribution in [0.5, 0.6) is 0 Å². The summed E-state index contributed by atoms with van der Waals surface area (Å²) in [6.45, 7) is 3.25. The van der Waals surface area contributed by atoms with Gasteiger partial charge in [0.05, 0.1) is 6.10 Å². The number of Topliss-reactive ketones (excluding diaryl/α,β-unsaturated/α-hetero) is 1. The molecule has 60 valence electrons. The maximum Gasteiger partial charge on any atom is 0.163 e. The Balaban J connectivity index is 3.57. The quantitative estimate of drug-likeness (QED) is 0.623. The molecule has 0 aromatic carbocycles. The van der Waals surface area contributed by atoms with Crippen molar-refractivity contribution >= 4 is 5.78 Å². The van der Waals surface area contributed by atoms with Crippen molar-refractivity contribution in [1.29, 1.82) is 0 Å². The van der Waals surface area contributed by atoms with Crippen molar-refractivity contribution in [1.82, 2.24) is 0 Å². The third kappa shape index (κ3) is 3.58. The topological polar surface area (TPSA) is 46.5 Å². The summed E-state index contributed by atoms with van der Waals surface area (Å²) in [4.78, 5) is 10.8. The van der Waals surface area contributed by atoms with Crippen LogP contribution in [0.15, 0.2) is 0 Å². The molecule has 3 heteroatoms. The maximum atomic E-state index is 10.8. The largest absolute Gasteiger partial charge is 0.386 e. The molecule has 2 unspecified atom stereocenters. The second-order valence-corrected chi connectivity index (χ2v) is 2.39. The lowest BCUT2D eigenvalue weighted by molar-refractivity contribution is -0.128. The minimum absolute atomic E-state index is 0.0953. The Morgan fingerprint density at radius 3 is 2.40 bits per heavy atom. The number of hydrogen-bond donors (Lipinski definition) is 1. The van der Waals surface area contributed by atoms with Gasteiger partial charge in [0.2, 0.25) is 0 Å². The molecule has 0 aliphatic rings. The lowest BCUT2D eigenvalue weighted by atomic mass is 10.1. The molecule has 0 rings (SSSR count). The van der Waals surface area contributed by atoms with Gasteiger partial charge in [-0.1, -0.05) is 0 Å². The Hall–Kier alpha value is -0.410. The van der Waals surface area contributed by atoms with Gasteiger partial charge in [0, 0.05) is 13.5 Å². The molecule has 10 heavy (non-hydrogen) atoms. The second-order valence-electron chi connectivity index (χ2n) is 2.39. The summed E-state index contributed by atoms with van der Waals surface area (Å²) in [5.41, 5.74) is 0. The molecule has 0 radical (unpaired) electrons. The SMILES string of the molecule is COC(C)CC(=O)C(C)O. The maximum absolute atomic E-state index is 10.8. The van der Waals surface area contributed by atoms with Crippen LogP contribution >= 0.6 is 0 Å². The predicted octanol–water partition coefficient (Wildman–Crippen LogP) is 0.361. The first kappa shape index (κ1) is 9.59. The Morgan fingerprint density at radius 2 is 2.10 bits per heavy atom. The third-order valence-electron chi connectivity index (χ3n) is 1.36. The van der Waals surface area contributed by atoms with Gasteiger partial charge in [-0.3, -0.25) is 4.79 Å². The highest BCUT2D eigenvalue weighted by molar-refractivity contribution is 5.82. The number of carbonyl (C=O) groups excluding carboxylic acids is 1. The summed E-state index contributed by atoms with van der Waals surface area (Å²) in [5.74, 6) is -0.172. The second kappa shape index (κ2) is 4.41. The van der Waals surface area contributed by atoms with E-state index in [0.29, 0.717) is 0 Å². The van der Waals surface area contributed by atoms with E-state index in [2.05, 4.69) is 0 Å². The molecule has 0 heterocycles. The number of hydrogen-bond acceptors (Lipinski definition) is 3. The van der Waals surface area contributed by atoms with E-state index < -0.39 is 6.10 Å². The number of rotatable bonds is 4. The van der Waals surface area contributed by atoms with Crippen molar-refractivity contribution in [2.24, 2.45) is 0 Å². The van der Waals surface area contributed by atoms with E-state index in [9.17, 15) is 4.79 Å².